The summed E-state index contributed by atoms with van der Waals surface area (Å²) in [5, 5.41) is 0.603. The SMILES string of the molecule is Cc1ccc(Cl)cc1C(=O)N(C)C1CCCCC1CN. The number of carbonyl (C=O) groups is 1. The predicted octanol–water partition coefficient (Wildman–Crippen LogP) is 3.24. The number of rotatable bonds is 3. The van der Waals surface area contributed by atoms with Crippen LogP contribution in [0, 0.1) is 12.8 Å². The van der Waals surface area contributed by atoms with Gasteiger partial charge in [0.15, 0.2) is 0 Å². The molecular weight excluding hydrogens is 272 g/mol. The largest absolute Gasteiger partial charge is 0.338 e. The molecule has 2 atom stereocenters. The first kappa shape index (κ1) is 15.3. The summed E-state index contributed by atoms with van der Waals surface area (Å²) in [5.41, 5.74) is 7.53. The Morgan fingerprint density at radius 2 is 2.10 bits per heavy atom. The summed E-state index contributed by atoms with van der Waals surface area (Å²) >= 11 is 6.02. The molecule has 0 aromatic heterocycles. The average molecular weight is 295 g/mol. The third-order valence-electron chi connectivity index (χ3n) is 4.42. The van der Waals surface area contributed by atoms with E-state index in [9.17, 15) is 4.79 Å². The Balaban J connectivity index is 2.21. The second-order valence-electron chi connectivity index (χ2n) is 5.72. The van der Waals surface area contributed by atoms with Crippen LogP contribution in [0.15, 0.2) is 18.2 Å². The van der Waals surface area contributed by atoms with Gasteiger partial charge < -0.3 is 10.6 Å². The molecule has 0 saturated heterocycles. The van der Waals surface area contributed by atoms with E-state index in [0.717, 1.165) is 18.4 Å². The van der Waals surface area contributed by atoms with Crippen molar-refractivity contribution in [3.63, 3.8) is 0 Å². The normalized spacial score (nSPS) is 22.6. The number of carbonyl (C=O) groups excluding carboxylic acids is 1. The van der Waals surface area contributed by atoms with Crippen LogP contribution in [0.2, 0.25) is 5.02 Å². The van der Waals surface area contributed by atoms with E-state index < -0.39 is 0 Å². The molecular formula is C16H23ClN2O. The van der Waals surface area contributed by atoms with Crippen molar-refractivity contribution >= 4 is 17.5 Å². The van der Waals surface area contributed by atoms with E-state index in [4.69, 9.17) is 17.3 Å². The second kappa shape index (κ2) is 6.59. The molecule has 2 unspecified atom stereocenters. The summed E-state index contributed by atoms with van der Waals surface area (Å²) in [5.74, 6) is 0.465. The molecule has 1 amide bonds. The average Bonchev–Trinajstić information content (AvgIpc) is 2.48. The lowest BCUT2D eigenvalue weighted by Gasteiger charge is -2.37. The fraction of sp³-hybridized carbons (Fsp3) is 0.562. The number of nitrogens with two attached hydrogens (primary N) is 1. The first-order valence-electron chi connectivity index (χ1n) is 7.28. The third-order valence-corrected chi connectivity index (χ3v) is 4.65. The molecule has 0 heterocycles. The van der Waals surface area contributed by atoms with Gasteiger partial charge in [-0.2, -0.15) is 0 Å². The van der Waals surface area contributed by atoms with Crippen molar-refractivity contribution in [2.24, 2.45) is 11.7 Å². The highest BCUT2D eigenvalue weighted by Gasteiger charge is 2.30. The molecule has 1 fully saturated rings. The monoisotopic (exact) mass is 294 g/mol. The Kier molecular flexibility index (Phi) is 5.06. The molecule has 0 bridgehead atoms. The van der Waals surface area contributed by atoms with Crippen LogP contribution in [-0.4, -0.2) is 30.4 Å². The van der Waals surface area contributed by atoms with Gasteiger partial charge in [0.1, 0.15) is 0 Å². The van der Waals surface area contributed by atoms with E-state index in [2.05, 4.69) is 0 Å². The van der Waals surface area contributed by atoms with Crippen LogP contribution in [0.4, 0.5) is 0 Å². The van der Waals surface area contributed by atoms with Gasteiger partial charge in [0.2, 0.25) is 0 Å². The van der Waals surface area contributed by atoms with Crippen LogP contribution >= 0.6 is 11.6 Å². The molecule has 3 nitrogen and oxygen atoms in total. The Labute approximate surface area is 126 Å². The van der Waals surface area contributed by atoms with Crippen molar-refractivity contribution in [3.05, 3.63) is 34.3 Å². The minimum atomic E-state index is 0.0513. The Bertz CT molecular complexity index is 489. The lowest BCUT2D eigenvalue weighted by molar-refractivity contribution is 0.0619. The maximum atomic E-state index is 12.7. The minimum Gasteiger partial charge on any atom is -0.338 e. The molecule has 2 N–H and O–H groups in total. The van der Waals surface area contributed by atoms with Crippen LogP contribution in [0.5, 0.6) is 0 Å². The Morgan fingerprint density at radius 3 is 2.80 bits per heavy atom. The van der Waals surface area contributed by atoms with Gasteiger partial charge in [0.25, 0.3) is 5.91 Å². The Hall–Kier alpha value is -1.06. The number of hydrogen-bond acceptors (Lipinski definition) is 2. The molecule has 1 aromatic carbocycles. The van der Waals surface area contributed by atoms with Gasteiger partial charge in [-0.25, -0.2) is 0 Å². The van der Waals surface area contributed by atoms with Gasteiger partial charge >= 0.3 is 0 Å². The van der Waals surface area contributed by atoms with E-state index >= 15 is 0 Å². The highest BCUT2D eigenvalue weighted by atomic mass is 35.5. The molecule has 0 radical (unpaired) electrons. The molecule has 0 spiro atoms. The quantitative estimate of drug-likeness (QED) is 0.930. The van der Waals surface area contributed by atoms with Crippen LogP contribution in [0.25, 0.3) is 0 Å². The van der Waals surface area contributed by atoms with Crippen molar-refractivity contribution in [2.75, 3.05) is 13.6 Å². The maximum Gasteiger partial charge on any atom is 0.254 e. The highest BCUT2D eigenvalue weighted by molar-refractivity contribution is 6.31. The molecule has 2 rings (SSSR count). The van der Waals surface area contributed by atoms with Gasteiger partial charge in [-0.3, -0.25) is 4.79 Å². The molecule has 110 valence electrons. The van der Waals surface area contributed by atoms with E-state index in [-0.39, 0.29) is 11.9 Å². The summed E-state index contributed by atoms with van der Waals surface area (Å²) in [6, 6.07) is 5.72. The lowest BCUT2D eigenvalue weighted by Crippen LogP contribution is -2.46. The molecule has 1 aliphatic carbocycles. The number of benzene rings is 1. The zero-order chi connectivity index (χ0) is 14.7. The van der Waals surface area contributed by atoms with E-state index in [1.54, 1.807) is 6.07 Å². The van der Waals surface area contributed by atoms with Gasteiger partial charge in [-0.1, -0.05) is 30.5 Å². The first-order chi connectivity index (χ1) is 9.54. The van der Waals surface area contributed by atoms with Gasteiger partial charge in [-0.05, 0) is 49.9 Å². The fourth-order valence-electron chi connectivity index (χ4n) is 3.14. The van der Waals surface area contributed by atoms with Crippen LogP contribution in [0.3, 0.4) is 0 Å². The number of aryl methyl sites for hydroxylation is 1. The Morgan fingerprint density at radius 1 is 1.40 bits per heavy atom. The number of halogens is 1. The smallest absolute Gasteiger partial charge is 0.254 e. The number of amides is 1. The summed E-state index contributed by atoms with van der Waals surface area (Å²) in [7, 11) is 1.89. The van der Waals surface area contributed by atoms with Crippen molar-refractivity contribution in [1.82, 2.24) is 4.90 Å². The predicted molar refractivity (Wildman–Crippen MR) is 83.1 cm³/mol. The van der Waals surface area contributed by atoms with E-state index in [1.165, 1.54) is 12.8 Å². The van der Waals surface area contributed by atoms with Crippen molar-refractivity contribution < 1.29 is 4.79 Å². The number of nitrogens with zero attached hydrogens (tertiary/aromatic N) is 1. The summed E-state index contributed by atoms with van der Waals surface area (Å²) in [6.45, 7) is 2.59. The second-order valence-corrected chi connectivity index (χ2v) is 6.16. The van der Waals surface area contributed by atoms with Gasteiger partial charge in [0, 0.05) is 23.7 Å². The molecule has 4 heteroatoms. The fourth-order valence-corrected chi connectivity index (χ4v) is 3.31. The summed E-state index contributed by atoms with van der Waals surface area (Å²) in [4.78, 5) is 14.6. The third kappa shape index (κ3) is 3.15. The van der Waals surface area contributed by atoms with E-state index in [1.807, 2.05) is 31.0 Å². The highest BCUT2D eigenvalue weighted by Crippen LogP contribution is 2.28. The number of hydrogen-bond donors (Lipinski definition) is 1. The molecule has 20 heavy (non-hydrogen) atoms. The van der Waals surface area contributed by atoms with Crippen LogP contribution < -0.4 is 5.73 Å². The van der Waals surface area contributed by atoms with Crippen molar-refractivity contribution in [2.45, 2.75) is 38.6 Å². The topological polar surface area (TPSA) is 46.3 Å². The molecule has 1 aromatic rings. The van der Waals surface area contributed by atoms with Gasteiger partial charge in [-0.15, -0.1) is 0 Å². The van der Waals surface area contributed by atoms with E-state index in [0.29, 0.717) is 23.0 Å². The standard InChI is InChI=1S/C16H23ClN2O/c1-11-7-8-13(17)9-14(11)16(20)19(2)15-6-4-3-5-12(15)10-18/h7-9,12,15H,3-6,10,18H2,1-2H3. The van der Waals surface area contributed by atoms with Crippen LogP contribution in [0.1, 0.15) is 41.6 Å². The summed E-state index contributed by atoms with van der Waals surface area (Å²) < 4.78 is 0. The molecule has 0 aliphatic heterocycles. The lowest BCUT2D eigenvalue weighted by atomic mass is 9.83. The summed E-state index contributed by atoms with van der Waals surface area (Å²) in [6.07, 6.45) is 4.56. The van der Waals surface area contributed by atoms with Gasteiger partial charge in [0.05, 0.1) is 0 Å². The van der Waals surface area contributed by atoms with Crippen LogP contribution in [-0.2, 0) is 0 Å². The zero-order valence-corrected chi connectivity index (χ0v) is 13.0. The first-order valence-corrected chi connectivity index (χ1v) is 7.65. The molecule has 1 aliphatic rings. The van der Waals surface area contributed by atoms with Crippen molar-refractivity contribution in [3.8, 4) is 0 Å². The zero-order valence-electron chi connectivity index (χ0n) is 12.2. The van der Waals surface area contributed by atoms with Crippen molar-refractivity contribution in [1.29, 1.82) is 0 Å². The molecule has 1 saturated carbocycles. The minimum absolute atomic E-state index is 0.0513. The maximum absolute atomic E-state index is 12.7.